The number of rotatable bonds is 3. The maximum Gasteiger partial charge on any atom is 0.327 e. The molecule has 0 fully saturated rings. The van der Waals surface area contributed by atoms with Crippen LogP contribution in [0.25, 0.3) is 10.9 Å². The molecule has 4 nitrogen and oxygen atoms in total. The van der Waals surface area contributed by atoms with Crippen molar-refractivity contribution in [1.29, 1.82) is 0 Å². The van der Waals surface area contributed by atoms with Gasteiger partial charge in [0, 0.05) is 27.7 Å². The van der Waals surface area contributed by atoms with E-state index in [1.165, 1.54) is 0 Å². The van der Waals surface area contributed by atoms with Gasteiger partial charge in [-0.3, -0.25) is 0 Å². The number of nitrogens with one attached hydrogen (secondary N) is 1. The molecule has 1 aromatic carbocycles. The number of ether oxygens (including phenoxy) is 1. The van der Waals surface area contributed by atoms with Crippen LogP contribution in [-0.4, -0.2) is 17.6 Å². The molecule has 3 N–H and O–H groups in total. The highest BCUT2D eigenvalue weighted by Gasteiger charge is 2.20. The minimum atomic E-state index is -0.773. The largest absolute Gasteiger partial charge is 0.465 e. The van der Waals surface area contributed by atoms with Gasteiger partial charge < -0.3 is 15.5 Å². The zero-order valence-corrected chi connectivity index (χ0v) is 10.1. The van der Waals surface area contributed by atoms with Gasteiger partial charge in [-0.05, 0) is 19.1 Å². The van der Waals surface area contributed by atoms with Gasteiger partial charge in [0.2, 0.25) is 0 Å². The Morgan fingerprint density at radius 3 is 3.06 bits per heavy atom. The Bertz CT molecular complexity index is 550. The van der Waals surface area contributed by atoms with Crippen molar-refractivity contribution in [2.24, 2.45) is 5.73 Å². The Hall–Kier alpha value is -1.52. The molecule has 2 aromatic rings. The SMILES string of the molecule is CCOC(=O)C(N)c1c[nH]c2cc(Cl)ccc12. The maximum absolute atomic E-state index is 11.6. The monoisotopic (exact) mass is 252 g/mol. The summed E-state index contributed by atoms with van der Waals surface area (Å²) in [6, 6.07) is 4.62. The summed E-state index contributed by atoms with van der Waals surface area (Å²) in [5, 5.41) is 1.52. The molecule has 2 rings (SSSR count). The van der Waals surface area contributed by atoms with Crippen LogP contribution in [0, 0.1) is 0 Å². The third kappa shape index (κ3) is 2.28. The van der Waals surface area contributed by atoms with Crippen molar-refractivity contribution in [3.63, 3.8) is 0 Å². The number of fused-ring (bicyclic) bond motifs is 1. The number of halogens is 1. The quantitative estimate of drug-likeness (QED) is 0.824. The summed E-state index contributed by atoms with van der Waals surface area (Å²) >= 11 is 5.88. The minimum absolute atomic E-state index is 0.320. The summed E-state index contributed by atoms with van der Waals surface area (Å²) in [7, 11) is 0. The highest BCUT2D eigenvalue weighted by Crippen LogP contribution is 2.26. The predicted octanol–water partition coefficient (Wildman–Crippen LogP) is 2.38. The number of H-pyrrole nitrogens is 1. The fourth-order valence-corrected chi connectivity index (χ4v) is 1.91. The first-order valence-corrected chi connectivity index (χ1v) is 5.70. The molecule has 0 aliphatic heterocycles. The van der Waals surface area contributed by atoms with E-state index in [0.717, 1.165) is 16.5 Å². The van der Waals surface area contributed by atoms with Gasteiger partial charge in [0.15, 0.2) is 0 Å². The van der Waals surface area contributed by atoms with Crippen molar-refractivity contribution in [2.75, 3.05) is 6.61 Å². The molecule has 90 valence electrons. The molecule has 5 heteroatoms. The van der Waals surface area contributed by atoms with Crippen LogP contribution < -0.4 is 5.73 Å². The van der Waals surface area contributed by atoms with E-state index in [2.05, 4.69) is 4.98 Å². The lowest BCUT2D eigenvalue weighted by atomic mass is 10.1. The van der Waals surface area contributed by atoms with Gasteiger partial charge in [-0.2, -0.15) is 0 Å². The van der Waals surface area contributed by atoms with Crippen molar-refractivity contribution in [1.82, 2.24) is 4.98 Å². The molecule has 17 heavy (non-hydrogen) atoms. The fourth-order valence-electron chi connectivity index (χ4n) is 1.74. The van der Waals surface area contributed by atoms with Gasteiger partial charge in [-0.1, -0.05) is 17.7 Å². The molecule has 0 saturated carbocycles. The van der Waals surface area contributed by atoms with Crippen molar-refractivity contribution < 1.29 is 9.53 Å². The number of aromatic amines is 1. The number of benzene rings is 1. The molecule has 1 heterocycles. The summed E-state index contributed by atoms with van der Waals surface area (Å²) in [6.07, 6.45) is 1.71. The number of aromatic nitrogens is 1. The normalized spacial score (nSPS) is 12.6. The smallest absolute Gasteiger partial charge is 0.327 e. The van der Waals surface area contributed by atoms with Gasteiger partial charge in [-0.15, -0.1) is 0 Å². The Kier molecular flexibility index (Phi) is 3.36. The molecule has 0 aliphatic carbocycles. The van der Waals surface area contributed by atoms with Crippen molar-refractivity contribution in [3.8, 4) is 0 Å². The first-order chi connectivity index (χ1) is 8.13. The Balaban J connectivity index is 2.39. The van der Waals surface area contributed by atoms with Gasteiger partial charge >= 0.3 is 5.97 Å². The molecule has 1 unspecified atom stereocenters. The molecule has 0 aliphatic rings. The van der Waals surface area contributed by atoms with E-state index in [1.54, 1.807) is 25.3 Å². The van der Waals surface area contributed by atoms with Crippen molar-refractivity contribution in [2.45, 2.75) is 13.0 Å². The van der Waals surface area contributed by atoms with E-state index < -0.39 is 12.0 Å². The number of carbonyl (C=O) groups is 1. The summed E-state index contributed by atoms with van der Waals surface area (Å²) in [5.74, 6) is -0.427. The second-order valence-electron chi connectivity index (χ2n) is 3.66. The zero-order chi connectivity index (χ0) is 12.4. The van der Waals surface area contributed by atoms with Crippen LogP contribution in [-0.2, 0) is 9.53 Å². The van der Waals surface area contributed by atoms with Crippen LogP contribution in [0.3, 0.4) is 0 Å². The van der Waals surface area contributed by atoms with E-state index >= 15 is 0 Å². The van der Waals surface area contributed by atoms with E-state index in [9.17, 15) is 4.79 Å². The minimum Gasteiger partial charge on any atom is -0.465 e. The van der Waals surface area contributed by atoms with Crippen LogP contribution in [0.5, 0.6) is 0 Å². The van der Waals surface area contributed by atoms with Gasteiger partial charge in [0.25, 0.3) is 0 Å². The average Bonchev–Trinajstić information content (AvgIpc) is 2.71. The second kappa shape index (κ2) is 4.77. The average molecular weight is 253 g/mol. The molecule has 0 bridgehead atoms. The predicted molar refractivity (Wildman–Crippen MR) is 66.9 cm³/mol. The number of hydrogen-bond donors (Lipinski definition) is 2. The lowest BCUT2D eigenvalue weighted by molar-refractivity contribution is -0.144. The third-order valence-corrected chi connectivity index (χ3v) is 2.79. The fraction of sp³-hybridized carbons (Fsp3) is 0.250. The summed E-state index contributed by atoms with van der Waals surface area (Å²) in [5.41, 5.74) is 7.42. The number of nitrogens with two attached hydrogens (primary N) is 1. The lowest BCUT2D eigenvalue weighted by Gasteiger charge is -2.09. The number of carbonyl (C=O) groups excluding carboxylic acids is 1. The first-order valence-electron chi connectivity index (χ1n) is 5.32. The van der Waals surface area contributed by atoms with Crippen LogP contribution in [0.2, 0.25) is 5.02 Å². The molecule has 0 spiro atoms. The number of esters is 1. The van der Waals surface area contributed by atoms with Crippen LogP contribution >= 0.6 is 11.6 Å². The van der Waals surface area contributed by atoms with Gasteiger partial charge in [0.1, 0.15) is 6.04 Å². The van der Waals surface area contributed by atoms with Crippen LogP contribution in [0.1, 0.15) is 18.5 Å². The Morgan fingerprint density at radius 1 is 1.59 bits per heavy atom. The highest BCUT2D eigenvalue weighted by atomic mass is 35.5. The van der Waals surface area contributed by atoms with Gasteiger partial charge in [-0.25, -0.2) is 4.79 Å². The lowest BCUT2D eigenvalue weighted by Crippen LogP contribution is -2.23. The summed E-state index contributed by atoms with van der Waals surface area (Å²) in [6.45, 7) is 2.07. The standard InChI is InChI=1S/C12H13ClN2O2/c1-2-17-12(16)11(14)9-6-15-10-5-7(13)3-4-8(9)10/h3-6,11,15H,2,14H2,1H3. The van der Waals surface area contributed by atoms with Crippen molar-refractivity contribution >= 4 is 28.5 Å². The summed E-state index contributed by atoms with van der Waals surface area (Å²) < 4.78 is 4.90. The van der Waals surface area contributed by atoms with Gasteiger partial charge in [0.05, 0.1) is 6.61 Å². The van der Waals surface area contributed by atoms with Crippen LogP contribution in [0.15, 0.2) is 24.4 Å². The Morgan fingerprint density at radius 2 is 2.35 bits per heavy atom. The molecule has 1 aromatic heterocycles. The van der Waals surface area contributed by atoms with E-state index in [-0.39, 0.29) is 0 Å². The van der Waals surface area contributed by atoms with E-state index in [4.69, 9.17) is 22.1 Å². The molecule has 0 amide bonds. The molecular weight excluding hydrogens is 240 g/mol. The van der Waals surface area contributed by atoms with E-state index in [1.807, 2.05) is 6.07 Å². The van der Waals surface area contributed by atoms with Crippen LogP contribution in [0.4, 0.5) is 0 Å². The Labute approximate surface area is 104 Å². The first kappa shape index (κ1) is 12.0. The van der Waals surface area contributed by atoms with E-state index in [0.29, 0.717) is 11.6 Å². The maximum atomic E-state index is 11.6. The molecule has 0 radical (unpaired) electrons. The third-order valence-electron chi connectivity index (χ3n) is 2.55. The molecular formula is C12H13ClN2O2. The summed E-state index contributed by atoms with van der Waals surface area (Å²) in [4.78, 5) is 14.6. The molecule has 1 atom stereocenters. The molecule has 0 saturated heterocycles. The van der Waals surface area contributed by atoms with Crippen molar-refractivity contribution in [3.05, 3.63) is 35.0 Å². The number of hydrogen-bond acceptors (Lipinski definition) is 3. The zero-order valence-electron chi connectivity index (χ0n) is 9.37. The highest BCUT2D eigenvalue weighted by molar-refractivity contribution is 6.31. The second-order valence-corrected chi connectivity index (χ2v) is 4.10. The topological polar surface area (TPSA) is 68.1 Å².